The van der Waals surface area contributed by atoms with Crippen molar-refractivity contribution in [3.63, 3.8) is 0 Å². The zero-order valence-electron chi connectivity index (χ0n) is 18.9. The van der Waals surface area contributed by atoms with E-state index in [1.807, 2.05) is 19.1 Å². The fourth-order valence-electron chi connectivity index (χ4n) is 2.88. The summed E-state index contributed by atoms with van der Waals surface area (Å²) < 4.78 is 49.3. The highest BCUT2D eigenvalue weighted by molar-refractivity contribution is 6.39. The Morgan fingerprint density at radius 1 is 0.944 bits per heavy atom. The Bertz CT molecular complexity index is 1230. The molecular weight excluding hydrogens is 499 g/mol. The number of anilines is 1. The van der Waals surface area contributed by atoms with E-state index in [1.165, 1.54) is 6.21 Å². The normalized spacial score (nSPS) is 11.2. The van der Waals surface area contributed by atoms with Gasteiger partial charge in [0.25, 0.3) is 0 Å². The van der Waals surface area contributed by atoms with Crippen molar-refractivity contribution in [1.82, 2.24) is 5.43 Å². The minimum atomic E-state index is -4.50. The lowest BCUT2D eigenvalue weighted by molar-refractivity contribution is -0.137. The summed E-state index contributed by atoms with van der Waals surface area (Å²) in [5.74, 6) is -1.22. The molecule has 0 spiro atoms. The van der Waals surface area contributed by atoms with Crippen molar-refractivity contribution in [2.75, 3.05) is 11.9 Å². The minimum absolute atomic E-state index is 0.0303. The van der Waals surface area contributed by atoms with Crippen molar-refractivity contribution in [3.05, 3.63) is 88.4 Å². The van der Waals surface area contributed by atoms with Gasteiger partial charge in [-0.1, -0.05) is 23.7 Å². The number of carbonyl (C=O) groups is 2. The number of amides is 2. The second-order valence-electron chi connectivity index (χ2n) is 7.28. The van der Waals surface area contributed by atoms with E-state index in [-0.39, 0.29) is 5.69 Å². The van der Waals surface area contributed by atoms with E-state index in [1.54, 1.807) is 30.3 Å². The van der Waals surface area contributed by atoms with Crippen LogP contribution in [0.1, 0.15) is 23.6 Å². The second-order valence-corrected chi connectivity index (χ2v) is 7.72. The van der Waals surface area contributed by atoms with Crippen LogP contribution in [0.2, 0.25) is 5.02 Å². The van der Waals surface area contributed by atoms with E-state index in [0.717, 1.165) is 29.8 Å². The molecule has 0 aliphatic heterocycles. The summed E-state index contributed by atoms with van der Waals surface area (Å²) in [6.07, 6.45) is -3.20. The van der Waals surface area contributed by atoms with Crippen molar-refractivity contribution >= 4 is 35.3 Å². The highest BCUT2D eigenvalue weighted by atomic mass is 35.5. The lowest BCUT2D eigenvalue weighted by atomic mass is 10.2. The highest BCUT2D eigenvalue weighted by Crippen LogP contribution is 2.30. The lowest BCUT2D eigenvalue weighted by Crippen LogP contribution is -2.32. The van der Waals surface area contributed by atoms with Gasteiger partial charge in [0.2, 0.25) is 0 Å². The van der Waals surface area contributed by atoms with Crippen LogP contribution >= 0.6 is 11.6 Å². The van der Waals surface area contributed by atoms with Gasteiger partial charge in [-0.05, 0) is 72.6 Å². The van der Waals surface area contributed by atoms with E-state index in [4.69, 9.17) is 21.1 Å². The van der Waals surface area contributed by atoms with Gasteiger partial charge in [0, 0.05) is 10.7 Å². The third-order valence-corrected chi connectivity index (χ3v) is 4.88. The summed E-state index contributed by atoms with van der Waals surface area (Å²) in [5, 5.41) is 6.56. The molecule has 0 aliphatic carbocycles. The molecule has 3 aromatic carbocycles. The van der Waals surface area contributed by atoms with Crippen molar-refractivity contribution in [2.24, 2.45) is 5.10 Å². The van der Waals surface area contributed by atoms with Gasteiger partial charge in [-0.15, -0.1) is 0 Å². The highest BCUT2D eigenvalue weighted by Gasteiger charge is 2.30. The van der Waals surface area contributed by atoms with Gasteiger partial charge < -0.3 is 14.8 Å². The molecular formula is C25H21ClF3N3O4. The molecule has 3 rings (SSSR count). The number of rotatable bonds is 8. The Hall–Kier alpha value is -4.05. The molecule has 7 nitrogen and oxygen atoms in total. The number of hydrogen-bond donors (Lipinski definition) is 2. The summed E-state index contributed by atoms with van der Waals surface area (Å²) in [6.45, 7) is 2.51. The van der Waals surface area contributed by atoms with Gasteiger partial charge in [0.15, 0.2) is 11.5 Å². The summed E-state index contributed by atoms with van der Waals surface area (Å²) in [6, 6.07) is 15.9. The van der Waals surface area contributed by atoms with Crippen molar-refractivity contribution in [1.29, 1.82) is 0 Å². The average molecular weight is 520 g/mol. The largest absolute Gasteiger partial charge is 0.490 e. The first-order chi connectivity index (χ1) is 17.2. The maximum absolute atomic E-state index is 12.6. The van der Waals surface area contributed by atoms with E-state index in [0.29, 0.717) is 35.3 Å². The van der Waals surface area contributed by atoms with Gasteiger partial charge in [0.1, 0.15) is 6.61 Å². The van der Waals surface area contributed by atoms with Crippen LogP contribution in [0.15, 0.2) is 71.8 Å². The molecule has 36 heavy (non-hydrogen) atoms. The lowest BCUT2D eigenvalue weighted by Gasteiger charge is -2.12. The number of halogens is 4. The summed E-state index contributed by atoms with van der Waals surface area (Å²) >= 11 is 5.89. The molecule has 0 fully saturated rings. The molecule has 188 valence electrons. The summed E-state index contributed by atoms with van der Waals surface area (Å²) in [7, 11) is 0. The Morgan fingerprint density at radius 2 is 1.64 bits per heavy atom. The minimum Gasteiger partial charge on any atom is -0.490 e. The van der Waals surface area contributed by atoms with E-state index in [2.05, 4.69) is 15.8 Å². The van der Waals surface area contributed by atoms with Crippen LogP contribution in [0.4, 0.5) is 18.9 Å². The van der Waals surface area contributed by atoms with Crippen LogP contribution in [-0.2, 0) is 22.4 Å². The Kier molecular flexibility index (Phi) is 8.91. The summed E-state index contributed by atoms with van der Waals surface area (Å²) in [4.78, 5) is 23.9. The van der Waals surface area contributed by atoms with E-state index < -0.39 is 23.6 Å². The molecule has 11 heteroatoms. The van der Waals surface area contributed by atoms with Crippen molar-refractivity contribution < 1.29 is 32.2 Å². The molecule has 0 atom stereocenters. The van der Waals surface area contributed by atoms with Crippen molar-refractivity contribution in [3.8, 4) is 11.5 Å². The van der Waals surface area contributed by atoms with Gasteiger partial charge >= 0.3 is 18.0 Å². The fourth-order valence-corrected chi connectivity index (χ4v) is 3.01. The van der Waals surface area contributed by atoms with Gasteiger partial charge in [-0.3, -0.25) is 9.59 Å². The van der Waals surface area contributed by atoms with Gasteiger partial charge in [0.05, 0.1) is 18.4 Å². The van der Waals surface area contributed by atoms with Crippen LogP contribution in [0.25, 0.3) is 0 Å². The number of alkyl halides is 3. The standard InChI is InChI=1S/C25H21ClF3N3O4/c1-2-35-22-13-17(5-12-21(22)36-15-16-3-8-19(26)9-4-16)14-30-32-24(34)23(33)31-20-10-6-18(7-11-20)25(27,28)29/h3-14H,2,15H2,1H3,(H,31,33)(H,32,34)/b30-14+. The zero-order valence-corrected chi connectivity index (χ0v) is 19.7. The third-order valence-electron chi connectivity index (χ3n) is 4.63. The molecule has 2 N–H and O–H groups in total. The number of hydrazone groups is 1. The molecule has 2 amide bonds. The number of carbonyl (C=O) groups excluding carboxylic acids is 2. The molecule has 0 saturated heterocycles. The molecule has 0 unspecified atom stereocenters. The quantitative estimate of drug-likeness (QED) is 0.236. The van der Waals surface area contributed by atoms with E-state index >= 15 is 0 Å². The smallest absolute Gasteiger partial charge is 0.416 e. The SMILES string of the molecule is CCOc1cc(/C=N/NC(=O)C(=O)Nc2ccc(C(F)(F)F)cc2)ccc1OCc1ccc(Cl)cc1. The van der Waals surface area contributed by atoms with Crippen LogP contribution in [0.3, 0.4) is 0 Å². The molecule has 3 aromatic rings. The Labute approximate surface area is 209 Å². The Balaban J connectivity index is 1.57. The fraction of sp³-hybridized carbons (Fsp3) is 0.160. The van der Waals surface area contributed by atoms with Crippen LogP contribution in [-0.4, -0.2) is 24.6 Å². The van der Waals surface area contributed by atoms with Crippen LogP contribution in [0, 0.1) is 0 Å². The topological polar surface area (TPSA) is 89.0 Å². The maximum Gasteiger partial charge on any atom is 0.416 e. The van der Waals surface area contributed by atoms with E-state index in [9.17, 15) is 22.8 Å². The summed E-state index contributed by atoms with van der Waals surface area (Å²) in [5.41, 5.74) is 2.69. The molecule has 0 heterocycles. The predicted octanol–water partition coefficient (Wildman–Crippen LogP) is 5.43. The number of nitrogens with zero attached hydrogens (tertiary/aromatic N) is 1. The van der Waals surface area contributed by atoms with Crippen molar-refractivity contribution in [2.45, 2.75) is 19.7 Å². The Morgan fingerprint density at radius 3 is 2.28 bits per heavy atom. The number of hydrogen-bond acceptors (Lipinski definition) is 5. The zero-order chi connectivity index (χ0) is 26.1. The second kappa shape index (κ2) is 12.1. The van der Waals surface area contributed by atoms with Crippen LogP contribution < -0.4 is 20.2 Å². The molecule has 0 bridgehead atoms. The average Bonchev–Trinajstić information content (AvgIpc) is 2.84. The third kappa shape index (κ3) is 7.74. The molecule has 0 saturated carbocycles. The predicted molar refractivity (Wildman–Crippen MR) is 129 cm³/mol. The molecule has 0 aromatic heterocycles. The maximum atomic E-state index is 12.6. The van der Waals surface area contributed by atoms with Gasteiger partial charge in [-0.2, -0.15) is 18.3 Å². The number of benzene rings is 3. The van der Waals surface area contributed by atoms with Gasteiger partial charge in [-0.25, -0.2) is 5.43 Å². The monoisotopic (exact) mass is 519 g/mol. The number of nitrogens with one attached hydrogen (secondary N) is 2. The molecule has 0 aliphatic rings. The first kappa shape index (κ1) is 26.6. The van der Waals surface area contributed by atoms with Crippen LogP contribution in [0.5, 0.6) is 11.5 Å². The molecule has 0 radical (unpaired) electrons. The number of ether oxygens (including phenoxy) is 2. The first-order valence-corrected chi connectivity index (χ1v) is 11.0. The first-order valence-electron chi connectivity index (χ1n) is 10.6.